The summed E-state index contributed by atoms with van der Waals surface area (Å²) in [5.41, 5.74) is -1.13. The van der Waals surface area contributed by atoms with E-state index in [4.69, 9.17) is 5.84 Å². The van der Waals surface area contributed by atoms with Crippen LogP contribution in [0.1, 0.15) is 12.5 Å². The van der Waals surface area contributed by atoms with E-state index in [1.54, 1.807) is 0 Å². The van der Waals surface area contributed by atoms with Gasteiger partial charge < -0.3 is 10.9 Å². The second-order valence-corrected chi connectivity index (χ2v) is 3.12. The largest absolute Gasteiger partial charge is 0.494 e. The summed E-state index contributed by atoms with van der Waals surface area (Å²) in [4.78, 5) is 23.0. The van der Waals surface area contributed by atoms with Crippen molar-refractivity contribution in [3.63, 3.8) is 0 Å². The molecule has 0 aromatic carbocycles. The zero-order valence-electron chi connectivity index (χ0n) is 8.68. The van der Waals surface area contributed by atoms with Gasteiger partial charge in [-0.15, -0.1) is 0 Å². The van der Waals surface area contributed by atoms with Crippen LogP contribution in [0.15, 0.2) is 14.7 Å². The van der Waals surface area contributed by atoms with Crippen molar-refractivity contribution < 1.29 is 5.11 Å². The Bertz CT molecular complexity index is 538. The van der Waals surface area contributed by atoms with Crippen LogP contribution in [-0.2, 0) is 14.1 Å². The van der Waals surface area contributed by atoms with Gasteiger partial charge in [0, 0.05) is 14.1 Å². The van der Waals surface area contributed by atoms with Gasteiger partial charge in [0.25, 0.3) is 5.56 Å². The summed E-state index contributed by atoms with van der Waals surface area (Å²) < 4.78 is 1.83. The summed E-state index contributed by atoms with van der Waals surface area (Å²) in [6, 6.07) is 0. The van der Waals surface area contributed by atoms with Crippen molar-refractivity contribution in [2.75, 3.05) is 0 Å². The fourth-order valence-corrected chi connectivity index (χ4v) is 1.21. The van der Waals surface area contributed by atoms with Crippen LogP contribution in [0, 0.1) is 0 Å². The Balaban J connectivity index is 3.84. The molecule has 7 heteroatoms. The Morgan fingerprint density at radius 2 is 1.87 bits per heavy atom. The summed E-state index contributed by atoms with van der Waals surface area (Å²) in [6.45, 7) is 1.47. The maximum Gasteiger partial charge on any atom is 0.333 e. The lowest BCUT2D eigenvalue weighted by molar-refractivity contribution is 0.410. The van der Waals surface area contributed by atoms with Crippen LogP contribution < -0.4 is 17.1 Å². The number of rotatable bonds is 1. The van der Waals surface area contributed by atoms with Gasteiger partial charge in [-0.1, -0.05) is 0 Å². The first-order chi connectivity index (χ1) is 6.91. The molecular weight excluding hydrogens is 200 g/mol. The summed E-state index contributed by atoms with van der Waals surface area (Å²) >= 11 is 0. The van der Waals surface area contributed by atoms with E-state index in [-0.39, 0.29) is 11.3 Å². The Morgan fingerprint density at radius 3 is 2.33 bits per heavy atom. The molecule has 0 aliphatic rings. The molecule has 0 aliphatic heterocycles. The Kier molecular flexibility index (Phi) is 2.65. The maximum absolute atomic E-state index is 11.6. The van der Waals surface area contributed by atoms with Crippen molar-refractivity contribution in [3.8, 4) is 5.88 Å². The number of aromatic nitrogens is 2. The molecule has 1 rings (SSSR count). The van der Waals surface area contributed by atoms with E-state index in [1.165, 1.54) is 21.0 Å². The van der Waals surface area contributed by atoms with Gasteiger partial charge in [-0.25, -0.2) is 4.79 Å². The van der Waals surface area contributed by atoms with E-state index in [2.05, 4.69) is 5.10 Å². The molecule has 0 aliphatic carbocycles. The summed E-state index contributed by atoms with van der Waals surface area (Å²) in [6.07, 6.45) is 0. The monoisotopic (exact) mass is 212 g/mol. The third-order valence-corrected chi connectivity index (χ3v) is 2.19. The smallest absolute Gasteiger partial charge is 0.333 e. The molecule has 0 fully saturated rings. The zero-order valence-corrected chi connectivity index (χ0v) is 8.68. The van der Waals surface area contributed by atoms with E-state index in [9.17, 15) is 14.7 Å². The third-order valence-electron chi connectivity index (χ3n) is 2.19. The van der Waals surface area contributed by atoms with Crippen molar-refractivity contribution in [2.24, 2.45) is 25.0 Å². The molecular formula is C8H12N4O3. The number of aromatic hydroxyl groups is 1. The third kappa shape index (κ3) is 1.51. The van der Waals surface area contributed by atoms with Crippen LogP contribution in [0.25, 0.3) is 0 Å². The lowest BCUT2D eigenvalue weighted by Crippen LogP contribution is -2.39. The Hall–Kier alpha value is -2.05. The molecule has 15 heavy (non-hydrogen) atoms. The van der Waals surface area contributed by atoms with Gasteiger partial charge in [-0.3, -0.25) is 13.9 Å². The second-order valence-electron chi connectivity index (χ2n) is 3.12. The molecule has 0 saturated heterocycles. The molecule has 0 amide bonds. The van der Waals surface area contributed by atoms with E-state index >= 15 is 0 Å². The summed E-state index contributed by atoms with van der Waals surface area (Å²) in [5.74, 6) is 4.59. The minimum Gasteiger partial charge on any atom is -0.494 e. The number of nitrogens with zero attached hydrogens (tertiary/aromatic N) is 3. The first kappa shape index (κ1) is 11.0. The van der Waals surface area contributed by atoms with E-state index in [0.29, 0.717) is 0 Å². The standard InChI is InChI=1S/C8H12N4O3/c1-4(10-9)5-6(13)11(2)8(15)12(3)7(5)14/h13H,9H2,1-3H3. The Morgan fingerprint density at radius 1 is 1.33 bits per heavy atom. The quantitative estimate of drug-likeness (QED) is 0.335. The minimum atomic E-state index is -0.623. The average Bonchev–Trinajstić information content (AvgIpc) is 2.23. The van der Waals surface area contributed by atoms with Gasteiger partial charge in [0.05, 0.1) is 5.71 Å². The second kappa shape index (κ2) is 3.60. The number of hydrogen-bond donors (Lipinski definition) is 2. The highest BCUT2D eigenvalue weighted by Gasteiger charge is 2.16. The van der Waals surface area contributed by atoms with E-state index in [0.717, 1.165) is 9.13 Å². The molecule has 0 unspecified atom stereocenters. The molecule has 7 nitrogen and oxygen atoms in total. The van der Waals surface area contributed by atoms with Crippen LogP contribution >= 0.6 is 0 Å². The van der Waals surface area contributed by atoms with Gasteiger partial charge in [-0.2, -0.15) is 5.10 Å². The molecule has 1 heterocycles. The van der Waals surface area contributed by atoms with Crippen molar-refractivity contribution >= 4 is 5.71 Å². The van der Waals surface area contributed by atoms with Crippen LogP contribution in [0.3, 0.4) is 0 Å². The lowest BCUT2D eigenvalue weighted by atomic mass is 10.2. The van der Waals surface area contributed by atoms with E-state index < -0.39 is 17.1 Å². The molecule has 1 aromatic heterocycles. The topological polar surface area (TPSA) is 103 Å². The molecule has 1 aromatic rings. The predicted octanol–water partition coefficient (Wildman–Crippen LogP) is -1.53. The first-order valence-corrected chi connectivity index (χ1v) is 4.15. The van der Waals surface area contributed by atoms with Gasteiger partial charge in [0.1, 0.15) is 5.56 Å². The molecule has 82 valence electrons. The maximum atomic E-state index is 11.6. The number of nitrogens with two attached hydrogens (primary N) is 1. The highest BCUT2D eigenvalue weighted by atomic mass is 16.3. The van der Waals surface area contributed by atoms with Gasteiger partial charge in [-0.05, 0) is 6.92 Å². The SMILES string of the molecule is CC(=NN)c1c(O)n(C)c(=O)n(C)c1=O. The number of hydrazone groups is 1. The van der Waals surface area contributed by atoms with Crippen molar-refractivity contribution in [3.05, 3.63) is 26.4 Å². The van der Waals surface area contributed by atoms with Gasteiger partial charge >= 0.3 is 5.69 Å². The van der Waals surface area contributed by atoms with Crippen LogP contribution in [0.4, 0.5) is 0 Å². The van der Waals surface area contributed by atoms with Crippen molar-refractivity contribution in [2.45, 2.75) is 6.92 Å². The lowest BCUT2D eigenvalue weighted by Gasteiger charge is -2.09. The molecule has 0 saturated carbocycles. The average molecular weight is 212 g/mol. The van der Waals surface area contributed by atoms with Crippen LogP contribution in [-0.4, -0.2) is 20.0 Å². The number of hydrogen-bond acceptors (Lipinski definition) is 5. The first-order valence-electron chi connectivity index (χ1n) is 4.15. The highest BCUT2D eigenvalue weighted by Crippen LogP contribution is 2.09. The molecule has 0 bridgehead atoms. The summed E-state index contributed by atoms with van der Waals surface area (Å²) in [5, 5.41) is 12.9. The molecule has 0 spiro atoms. The minimum absolute atomic E-state index is 0.0675. The van der Waals surface area contributed by atoms with Crippen molar-refractivity contribution in [1.29, 1.82) is 0 Å². The van der Waals surface area contributed by atoms with Gasteiger partial charge in [0.2, 0.25) is 5.88 Å². The van der Waals surface area contributed by atoms with E-state index in [1.807, 2.05) is 0 Å². The molecule has 3 N–H and O–H groups in total. The normalized spacial score (nSPS) is 11.8. The fourth-order valence-electron chi connectivity index (χ4n) is 1.21. The van der Waals surface area contributed by atoms with Crippen LogP contribution in [0.2, 0.25) is 0 Å². The van der Waals surface area contributed by atoms with Crippen LogP contribution in [0.5, 0.6) is 5.88 Å². The summed E-state index contributed by atoms with van der Waals surface area (Å²) in [7, 11) is 2.67. The zero-order chi connectivity index (χ0) is 11.7. The fraction of sp³-hybridized carbons (Fsp3) is 0.375. The Labute approximate surface area is 85.1 Å². The highest BCUT2D eigenvalue weighted by molar-refractivity contribution is 6.00. The van der Waals surface area contributed by atoms with Crippen molar-refractivity contribution in [1.82, 2.24) is 9.13 Å². The van der Waals surface area contributed by atoms with Gasteiger partial charge in [0.15, 0.2) is 0 Å². The molecule has 0 radical (unpaired) electrons. The molecule has 0 atom stereocenters. The predicted molar refractivity (Wildman–Crippen MR) is 55.0 cm³/mol.